The molecule has 1 heterocycles. The van der Waals surface area contributed by atoms with Crippen molar-refractivity contribution < 1.29 is 18.8 Å². The predicted molar refractivity (Wildman–Crippen MR) is 105 cm³/mol. The van der Waals surface area contributed by atoms with Gasteiger partial charge in [0.15, 0.2) is 0 Å². The van der Waals surface area contributed by atoms with Crippen LogP contribution in [0.3, 0.4) is 0 Å². The highest BCUT2D eigenvalue weighted by atomic mass is 19.1. The molecule has 2 aromatic carbocycles. The second-order valence-corrected chi connectivity index (χ2v) is 6.86. The molecule has 2 aromatic rings. The number of amides is 4. The van der Waals surface area contributed by atoms with E-state index in [-0.39, 0.29) is 17.4 Å². The molecule has 3 N–H and O–H groups in total. The summed E-state index contributed by atoms with van der Waals surface area (Å²) in [6, 6.07) is 14.2. The van der Waals surface area contributed by atoms with Gasteiger partial charge in [0, 0.05) is 31.1 Å². The van der Waals surface area contributed by atoms with Gasteiger partial charge in [-0.15, -0.1) is 0 Å². The zero-order valence-electron chi connectivity index (χ0n) is 15.9. The minimum atomic E-state index is -0.534. The van der Waals surface area contributed by atoms with Crippen molar-refractivity contribution in [3.05, 3.63) is 71.5 Å². The molecule has 0 bridgehead atoms. The van der Waals surface area contributed by atoms with Crippen molar-refractivity contribution in [1.82, 2.24) is 21.1 Å². The third-order valence-corrected chi connectivity index (χ3v) is 4.85. The van der Waals surface area contributed by atoms with Crippen molar-refractivity contribution in [2.45, 2.75) is 19.4 Å². The van der Waals surface area contributed by atoms with Crippen molar-refractivity contribution in [3.8, 4) is 0 Å². The lowest BCUT2D eigenvalue weighted by atomic mass is 9.96. The molecule has 0 aromatic heterocycles. The maximum atomic E-state index is 12.9. The molecule has 4 amide bonds. The second-order valence-electron chi connectivity index (χ2n) is 6.86. The standard InChI is InChI=1S/C21H23FN4O3/c22-18-8-6-16(7-9-18)20(28)24-25-21(29)26-12-10-17(11-13-26)19(27)23-14-15-4-2-1-3-5-15/h1-9,17H,10-14H2,(H,23,27)(H,24,28)(H,25,29). The van der Waals surface area contributed by atoms with Gasteiger partial charge in [-0.05, 0) is 42.7 Å². The number of carbonyl (C=O) groups is 3. The molecule has 0 unspecified atom stereocenters. The Morgan fingerprint density at radius 1 is 0.931 bits per heavy atom. The molecule has 1 saturated heterocycles. The molecule has 152 valence electrons. The van der Waals surface area contributed by atoms with Crippen molar-refractivity contribution in [2.75, 3.05) is 13.1 Å². The molecular formula is C21H23FN4O3. The number of hydrazine groups is 1. The topological polar surface area (TPSA) is 90.5 Å². The summed E-state index contributed by atoms with van der Waals surface area (Å²) in [5, 5.41) is 2.93. The van der Waals surface area contributed by atoms with Crippen molar-refractivity contribution in [3.63, 3.8) is 0 Å². The molecular weight excluding hydrogens is 375 g/mol. The molecule has 1 aliphatic rings. The van der Waals surface area contributed by atoms with E-state index in [9.17, 15) is 18.8 Å². The summed E-state index contributed by atoms with van der Waals surface area (Å²) >= 11 is 0. The van der Waals surface area contributed by atoms with E-state index >= 15 is 0 Å². The zero-order valence-corrected chi connectivity index (χ0v) is 15.9. The van der Waals surface area contributed by atoms with E-state index in [1.165, 1.54) is 24.3 Å². The van der Waals surface area contributed by atoms with Gasteiger partial charge < -0.3 is 10.2 Å². The van der Waals surface area contributed by atoms with Crippen LogP contribution in [0, 0.1) is 11.7 Å². The number of halogens is 1. The Morgan fingerprint density at radius 3 is 2.24 bits per heavy atom. The van der Waals surface area contributed by atoms with Gasteiger partial charge in [-0.2, -0.15) is 0 Å². The largest absolute Gasteiger partial charge is 0.352 e. The minimum absolute atomic E-state index is 0.0153. The summed E-state index contributed by atoms with van der Waals surface area (Å²) in [5.41, 5.74) is 5.93. The third kappa shape index (κ3) is 5.78. The highest BCUT2D eigenvalue weighted by molar-refractivity contribution is 5.95. The first-order valence-electron chi connectivity index (χ1n) is 9.45. The fourth-order valence-electron chi connectivity index (χ4n) is 3.14. The van der Waals surface area contributed by atoms with Gasteiger partial charge in [0.2, 0.25) is 5.91 Å². The first-order chi connectivity index (χ1) is 14.0. The Morgan fingerprint density at radius 2 is 1.59 bits per heavy atom. The maximum Gasteiger partial charge on any atom is 0.336 e. The number of nitrogens with one attached hydrogen (secondary N) is 3. The number of likely N-dealkylation sites (tertiary alicyclic amines) is 1. The number of urea groups is 1. The molecule has 0 saturated carbocycles. The van der Waals surface area contributed by atoms with E-state index < -0.39 is 17.8 Å². The average Bonchev–Trinajstić information content (AvgIpc) is 2.77. The zero-order chi connectivity index (χ0) is 20.6. The van der Waals surface area contributed by atoms with Crippen LogP contribution >= 0.6 is 0 Å². The highest BCUT2D eigenvalue weighted by Gasteiger charge is 2.27. The van der Waals surface area contributed by atoms with Crippen LogP contribution in [0.5, 0.6) is 0 Å². The average molecular weight is 398 g/mol. The summed E-state index contributed by atoms with van der Waals surface area (Å²) in [6.45, 7) is 1.32. The van der Waals surface area contributed by atoms with Gasteiger partial charge in [-0.1, -0.05) is 30.3 Å². The van der Waals surface area contributed by atoms with E-state index in [2.05, 4.69) is 16.2 Å². The first-order valence-corrected chi connectivity index (χ1v) is 9.45. The van der Waals surface area contributed by atoms with Gasteiger partial charge in [0.05, 0.1) is 0 Å². The normalized spacial score (nSPS) is 14.2. The first kappa shape index (κ1) is 20.3. The molecule has 0 spiro atoms. The van der Waals surface area contributed by atoms with Crippen molar-refractivity contribution in [1.29, 1.82) is 0 Å². The Bertz CT molecular complexity index is 850. The van der Waals surface area contributed by atoms with Gasteiger partial charge in [0.25, 0.3) is 5.91 Å². The van der Waals surface area contributed by atoms with Crippen molar-refractivity contribution >= 4 is 17.8 Å². The monoisotopic (exact) mass is 398 g/mol. The van der Waals surface area contributed by atoms with Gasteiger partial charge in [-0.25, -0.2) is 14.6 Å². The van der Waals surface area contributed by atoms with Crippen LogP contribution in [-0.4, -0.2) is 35.8 Å². The van der Waals surface area contributed by atoms with E-state index in [1.54, 1.807) is 4.90 Å². The Kier molecular flexibility index (Phi) is 6.78. The Hall–Kier alpha value is -3.42. The number of carbonyl (C=O) groups excluding carboxylic acids is 3. The van der Waals surface area contributed by atoms with E-state index in [1.807, 2.05) is 30.3 Å². The summed E-state index contributed by atoms with van der Waals surface area (Å²) in [6.07, 6.45) is 1.11. The fourth-order valence-corrected chi connectivity index (χ4v) is 3.14. The third-order valence-electron chi connectivity index (χ3n) is 4.85. The van der Waals surface area contributed by atoms with Gasteiger partial charge >= 0.3 is 6.03 Å². The molecule has 0 radical (unpaired) electrons. The predicted octanol–water partition coefficient (Wildman–Crippen LogP) is 2.21. The molecule has 0 atom stereocenters. The highest BCUT2D eigenvalue weighted by Crippen LogP contribution is 2.17. The van der Waals surface area contributed by atoms with Crippen LogP contribution in [0.1, 0.15) is 28.8 Å². The minimum Gasteiger partial charge on any atom is -0.352 e. The SMILES string of the molecule is O=C(NNC(=O)N1CCC(C(=O)NCc2ccccc2)CC1)c1ccc(F)cc1. The quantitative estimate of drug-likeness (QED) is 0.690. The van der Waals surface area contributed by atoms with Crippen LogP contribution in [0.25, 0.3) is 0 Å². The number of hydrogen-bond acceptors (Lipinski definition) is 3. The number of piperidine rings is 1. The molecule has 7 nitrogen and oxygen atoms in total. The molecule has 1 fully saturated rings. The Balaban J connectivity index is 1.39. The summed E-state index contributed by atoms with van der Waals surface area (Å²) in [5.74, 6) is -1.13. The summed E-state index contributed by atoms with van der Waals surface area (Å²) in [4.78, 5) is 38.0. The lowest BCUT2D eigenvalue weighted by molar-refractivity contribution is -0.126. The van der Waals surface area contributed by atoms with Crippen molar-refractivity contribution in [2.24, 2.45) is 5.92 Å². The molecule has 1 aliphatic heterocycles. The lowest BCUT2D eigenvalue weighted by Gasteiger charge is -2.31. The molecule has 3 rings (SSSR count). The molecule has 0 aliphatic carbocycles. The van der Waals surface area contributed by atoms with Crippen LogP contribution in [-0.2, 0) is 11.3 Å². The number of nitrogens with zero attached hydrogens (tertiary/aromatic N) is 1. The van der Waals surface area contributed by atoms with Crippen LogP contribution in [0.2, 0.25) is 0 Å². The summed E-state index contributed by atoms with van der Waals surface area (Å²) < 4.78 is 12.9. The Labute approximate surface area is 168 Å². The smallest absolute Gasteiger partial charge is 0.336 e. The van der Waals surface area contributed by atoms with E-state index in [0.717, 1.165) is 5.56 Å². The second kappa shape index (κ2) is 9.68. The van der Waals surface area contributed by atoms with Crippen LogP contribution < -0.4 is 16.2 Å². The summed E-state index contributed by atoms with van der Waals surface area (Å²) in [7, 11) is 0. The number of hydrogen-bond donors (Lipinski definition) is 3. The number of rotatable bonds is 4. The van der Waals surface area contributed by atoms with E-state index in [4.69, 9.17) is 0 Å². The fraction of sp³-hybridized carbons (Fsp3) is 0.286. The van der Waals surface area contributed by atoms with Crippen LogP contribution in [0.4, 0.5) is 9.18 Å². The molecule has 29 heavy (non-hydrogen) atoms. The van der Waals surface area contributed by atoms with Crippen LogP contribution in [0.15, 0.2) is 54.6 Å². The lowest BCUT2D eigenvalue weighted by Crippen LogP contribution is -2.51. The van der Waals surface area contributed by atoms with E-state index in [0.29, 0.717) is 32.5 Å². The van der Waals surface area contributed by atoms with Gasteiger partial charge in [-0.3, -0.25) is 15.0 Å². The number of benzene rings is 2. The maximum absolute atomic E-state index is 12.9. The van der Waals surface area contributed by atoms with Gasteiger partial charge in [0.1, 0.15) is 5.82 Å². The molecule has 8 heteroatoms.